The Labute approximate surface area is 124 Å². The normalized spacial score (nSPS) is 10.8. The van der Waals surface area contributed by atoms with E-state index in [9.17, 15) is 4.79 Å². The highest BCUT2D eigenvalue weighted by Gasteiger charge is 2.11. The summed E-state index contributed by atoms with van der Waals surface area (Å²) in [6, 6.07) is 11.8. The first-order valence-corrected chi connectivity index (χ1v) is 7.04. The lowest BCUT2D eigenvalue weighted by Crippen LogP contribution is -2.32. The first-order chi connectivity index (χ1) is 10.2. The van der Waals surface area contributed by atoms with Crippen molar-refractivity contribution in [2.45, 2.75) is 26.4 Å². The molecule has 0 bridgehead atoms. The number of hydrogen-bond acceptors (Lipinski definition) is 4. The van der Waals surface area contributed by atoms with Crippen LogP contribution in [-0.2, 0) is 24.3 Å². The molecule has 1 amide bonds. The molecule has 0 fully saturated rings. The molecule has 2 aromatic rings. The Bertz CT molecular complexity index is 567. The fourth-order valence-corrected chi connectivity index (χ4v) is 2.25. The third kappa shape index (κ3) is 4.44. The molecular weight excluding hydrogens is 266 g/mol. The highest BCUT2D eigenvalue weighted by atomic mass is 16.3. The topological polar surface area (TPSA) is 71.5 Å². The molecule has 0 unspecified atom stereocenters. The van der Waals surface area contributed by atoms with Crippen molar-refractivity contribution < 1.29 is 9.21 Å². The molecule has 5 nitrogen and oxygen atoms in total. The molecule has 112 valence electrons. The SMILES string of the molecule is CCN(Cc1ccco1)Cc1ccccc1CC(=O)NN. The van der Waals surface area contributed by atoms with E-state index in [2.05, 4.69) is 17.2 Å². The summed E-state index contributed by atoms with van der Waals surface area (Å²) in [4.78, 5) is 13.7. The smallest absolute Gasteiger partial charge is 0.238 e. The van der Waals surface area contributed by atoms with E-state index >= 15 is 0 Å². The minimum Gasteiger partial charge on any atom is -0.468 e. The second kappa shape index (κ2) is 7.61. The van der Waals surface area contributed by atoms with Crippen molar-refractivity contribution in [1.29, 1.82) is 0 Å². The maximum absolute atomic E-state index is 11.5. The molecule has 0 atom stereocenters. The van der Waals surface area contributed by atoms with E-state index in [0.717, 1.165) is 36.5 Å². The van der Waals surface area contributed by atoms with Crippen molar-refractivity contribution in [2.24, 2.45) is 5.84 Å². The highest BCUT2D eigenvalue weighted by molar-refractivity contribution is 5.78. The molecule has 2 rings (SSSR count). The molecule has 0 spiro atoms. The summed E-state index contributed by atoms with van der Waals surface area (Å²) in [5, 5.41) is 0. The quantitative estimate of drug-likeness (QED) is 0.463. The number of nitrogens with two attached hydrogens (primary N) is 1. The van der Waals surface area contributed by atoms with Crippen LogP contribution in [-0.4, -0.2) is 17.4 Å². The summed E-state index contributed by atoms with van der Waals surface area (Å²) in [5.41, 5.74) is 4.31. The molecule has 0 radical (unpaired) electrons. The lowest BCUT2D eigenvalue weighted by Gasteiger charge is -2.21. The van der Waals surface area contributed by atoms with Crippen molar-refractivity contribution >= 4 is 5.91 Å². The summed E-state index contributed by atoms with van der Waals surface area (Å²) in [6.07, 6.45) is 1.98. The van der Waals surface area contributed by atoms with Crippen molar-refractivity contribution in [2.75, 3.05) is 6.54 Å². The predicted octanol–water partition coefficient (Wildman–Crippen LogP) is 1.83. The second-order valence-electron chi connectivity index (χ2n) is 4.90. The Morgan fingerprint density at radius 3 is 2.57 bits per heavy atom. The second-order valence-corrected chi connectivity index (χ2v) is 4.90. The molecule has 0 aliphatic carbocycles. The number of rotatable bonds is 7. The van der Waals surface area contributed by atoms with E-state index in [0.29, 0.717) is 6.42 Å². The first-order valence-electron chi connectivity index (χ1n) is 7.04. The Morgan fingerprint density at radius 2 is 1.95 bits per heavy atom. The highest BCUT2D eigenvalue weighted by Crippen LogP contribution is 2.15. The zero-order chi connectivity index (χ0) is 15.1. The molecule has 0 aliphatic rings. The number of hydrazine groups is 1. The van der Waals surface area contributed by atoms with Crippen molar-refractivity contribution in [3.63, 3.8) is 0 Å². The van der Waals surface area contributed by atoms with Crippen LogP contribution in [0.15, 0.2) is 47.1 Å². The summed E-state index contributed by atoms with van der Waals surface area (Å²) < 4.78 is 5.39. The van der Waals surface area contributed by atoms with Gasteiger partial charge < -0.3 is 4.42 Å². The number of carbonyl (C=O) groups excluding carboxylic acids is 1. The molecule has 0 saturated heterocycles. The maximum Gasteiger partial charge on any atom is 0.238 e. The lowest BCUT2D eigenvalue weighted by atomic mass is 10.0. The summed E-state index contributed by atoms with van der Waals surface area (Å²) >= 11 is 0. The van der Waals surface area contributed by atoms with Gasteiger partial charge in [0.05, 0.1) is 19.2 Å². The fourth-order valence-electron chi connectivity index (χ4n) is 2.25. The maximum atomic E-state index is 11.5. The minimum absolute atomic E-state index is 0.184. The molecule has 0 aliphatic heterocycles. The Morgan fingerprint density at radius 1 is 1.19 bits per heavy atom. The van der Waals surface area contributed by atoms with Gasteiger partial charge in [-0.05, 0) is 29.8 Å². The number of benzene rings is 1. The number of carbonyl (C=O) groups is 1. The van der Waals surface area contributed by atoms with Crippen LogP contribution in [0.4, 0.5) is 0 Å². The standard InChI is InChI=1S/C16H21N3O2/c1-2-19(12-15-8-5-9-21-15)11-14-7-4-3-6-13(14)10-16(20)18-17/h3-9H,2,10-12,17H2,1H3,(H,18,20). The Hall–Kier alpha value is -2.11. The van der Waals surface area contributed by atoms with Crippen LogP contribution in [0.3, 0.4) is 0 Å². The summed E-state index contributed by atoms with van der Waals surface area (Å²) in [7, 11) is 0. The van der Waals surface area contributed by atoms with E-state index < -0.39 is 0 Å². The van der Waals surface area contributed by atoms with E-state index in [1.54, 1.807) is 6.26 Å². The molecule has 0 saturated carbocycles. The van der Waals surface area contributed by atoms with Gasteiger partial charge in [0.2, 0.25) is 5.91 Å². The van der Waals surface area contributed by atoms with Gasteiger partial charge in [-0.15, -0.1) is 0 Å². The zero-order valence-electron chi connectivity index (χ0n) is 12.2. The average molecular weight is 287 g/mol. The first kappa shape index (κ1) is 15.3. The monoisotopic (exact) mass is 287 g/mol. The molecule has 5 heteroatoms. The molecule has 21 heavy (non-hydrogen) atoms. The number of furan rings is 1. The molecular formula is C16H21N3O2. The molecule has 1 aromatic carbocycles. The predicted molar refractivity (Wildman–Crippen MR) is 81.0 cm³/mol. The number of hydrogen-bond donors (Lipinski definition) is 2. The van der Waals surface area contributed by atoms with Crippen LogP contribution in [0.1, 0.15) is 23.8 Å². The minimum atomic E-state index is -0.184. The number of amides is 1. The molecule has 1 aromatic heterocycles. The van der Waals surface area contributed by atoms with Crippen molar-refractivity contribution in [3.8, 4) is 0 Å². The van der Waals surface area contributed by atoms with Gasteiger partial charge in [-0.2, -0.15) is 0 Å². The van der Waals surface area contributed by atoms with Gasteiger partial charge in [0.1, 0.15) is 5.76 Å². The van der Waals surface area contributed by atoms with Crippen molar-refractivity contribution in [1.82, 2.24) is 10.3 Å². The van der Waals surface area contributed by atoms with Gasteiger partial charge in [0.25, 0.3) is 0 Å². The third-order valence-electron chi connectivity index (χ3n) is 3.43. The van der Waals surface area contributed by atoms with E-state index in [1.807, 2.05) is 36.4 Å². The fraction of sp³-hybridized carbons (Fsp3) is 0.312. The van der Waals surface area contributed by atoms with Crippen LogP contribution in [0.2, 0.25) is 0 Å². The van der Waals surface area contributed by atoms with Crippen molar-refractivity contribution in [3.05, 3.63) is 59.5 Å². The summed E-state index contributed by atoms with van der Waals surface area (Å²) in [6.45, 7) is 4.53. The van der Waals surface area contributed by atoms with Gasteiger partial charge in [0.15, 0.2) is 0 Å². The van der Waals surface area contributed by atoms with Gasteiger partial charge >= 0.3 is 0 Å². The van der Waals surface area contributed by atoms with Crippen LogP contribution in [0, 0.1) is 0 Å². The van der Waals surface area contributed by atoms with Crippen LogP contribution >= 0.6 is 0 Å². The van der Waals surface area contributed by atoms with Crippen LogP contribution in [0.5, 0.6) is 0 Å². The van der Waals surface area contributed by atoms with Gasteiger partial charge in [-0.25, -0.2) is 5.84 Å². The summed E-state index contributed by atoms with van der Waals surface area (Å²) in [5.74, 6) is 5.92. The third-order valence-corrected chi connectivity index (χ3v) is 3.43. The zero-order valence-corrected chi connectivity index (χ0v) is 12.2. The van der Waals surface area contributed by atoms with Gasteiger partial charge in [0, 0.05) is 6.54 Å². The van der Waals surface area contributed by atoms with Crippen LogP contribution < -0.4 is 11.3 Å². The number of nitrogens with one attached hydrogen (secondary N) is 1. The van der Waals surface area contributed by atoms with E-state index in [-0.39, 0.29) is 5.91 Å². The molecule has 1 heterocycles. The Kier molecular flexibility index (Phi) is 5.54. The molecule has 3 N–H and O–H groups in total. The van der Waals surface area contributed by atoms with E-state index in [1.165, 1.54) is 0 Å². The largest absolute Gasteiger partial charge is 0.468 e. The van der Waals surface area contributed by atoms with Crippen LogP contribution in [0.25, 0.3) is 0 Å². The van der Waals surface area contributed by atoms with E-state index in [4.69, 9.17) is 10.3 Å². The Balaban J connectivity index is 2.08. The van der Waals surface area contributed by atoms with Gasteiger partial charge in [-0.3, -0.25) is 15.1 Å². The lowest BCUT2D eigenvalue weighted by molar-refractivity contribution is -0.120. The van der Waals surface area contributed by atoms with Gasteiger partial charge in [-0.1, -0.05) is 31.2 Å². The average Bonchev–Trinajstić information content (AvgIpc) is 3.01. The number of nitrogens with zero attached hydrogens (tertiary/aromatic N) is 1.